The van der Waals surface area contributed by atoms with E-state index in [2.05, 4.69) is 17.3 Å². The fraction of sp³-hybridized carbons (Fsp3) is 1.00. The van der Waals surface area contributed by atoms with Gasteiger partial charge < -0.3 is 10.4 Å². The molecular weight excluding hydrogens is 176 g/mol. The summed E-state index contributed by atoms with van der Waals surface area (Å²) in [6.45, 7) is 1.98. The number of β-amino-alcohol motifs (C(OH)–C–C–N with tert-alkyl or cyclic N) is 1. The summed E-state index contributed by atoms with van der Waals surface area (Å²) in [5, 5.41) is 12.9. The highest BCUT2D eigenvalue weighted by atomic mass is 16.3. The lowest BCUT2D eigenvalue weighted by Gasteiger charge is -2.37. The Morgan fingerprint density at radius 2 is 2.00 bits per heavy atom. The van der Waals surface area contributed by atoms with Crippen molar-refractivity contribution >= 4 is 0 Å². The highest BCUT2D eigenvalue weighted by molar-refractivity contribution is 4.90. The van der Waals surface area contributed by atoms with Crippen molar-refractivity contribution in [1.29, 1.82) is 0 Å². The lowest BCUT2D eigenvalue weighted by molar-refractivity contribution is 0.122. The van der Waals surface area contributed by atoms with Crippen LogP contribution in [0.25, 0.3) is 0 Å². The third kappa shape index (κ3) is 2.10. The number of rotatable bonds is 2. The summed E-state index contributed by atoms with van der Waals surface area (Å²) in [4.78, 5) is 2.48. The highest BCUT2D eigenvalue weighted by Crippen LogP contribution is 2.25. The Balaban J connectivity index is 1.93. The smallest absolute Gasteiger partial charge is 0.0679 e. The van der Waals surface area contributed by atoms with Crippen LogP contribution in [-0.2, 0) is 0 Å². The molecule has 0 spiro atoms. The van der Waals surface area contributed by atoms with Crippen molar-refractivity contribution in [2.75, 3.05) is 20.1 Å². The molecule has 3 heteroatoms. The van der Waals surface area contributed by atoms with E-state index < -0.39 is 0 Å². The summed E-state index contributed by atoms with van der Waals surface area (Å²) in [6.07, 6.45) is 6.21. The van der Waals surface area contributed by atoms with Crippen molar-refractivity contribution in [2.24, 2.45) is 0 Å². The van der Waals surface area contributed by atoms with Crippen molar-refractivity contribution in [1.82, 2.24) is 10.2 Å². The molecule has 0 amide bonds. The second kappa shape index (κ2) is 4.60. The molecule has 2 fully saturated rings. The van der Waals surface area contributed by atoms with Gasteiger partial charge in [0.1, 0.15) is 0 Å². The lowest BCUT2D eigenvalue weighted by Crippen LogP contribution is -2.50. The van der Waals surface area contributed by atoms with Crippen LogP contribution in [0.2, 0.25) is 0 Å². The number of likely N-dealkylation sites (N-methyl/N-ethyl adjacent to an activating group) is 1. The molecule has 1 saturated carbocycles. The van der Waals surface area contributed by atoms with Crippen LogP contribution in [0.1, 0.15) is 32.1 Å². The molecule has 14 heavy (non-hydrogen) atoms. The van der Waals surface area contributed by atoms with Crippen LogP contribution in [0.3, 0.4) is 0 Å². The molecule has 82 valence electrons. The highest BCUT2D eigenvalue weighted by Gasteiger charge is 2.32. The summed E-state index contributed by atoms with van der Waals surface area (Å²) >= 11 is 0. The molecular formula is C11H22N2O. The van der Waals surface area contributed by atoms with E-state index in [1.54, 1.807) is 0 Å². The first-order valence-electron chi connectivity index (χ1n) is 5.90. The average Bonchev–Trinajstić information content (AvgIpc) is 2.65. The van der Waals surface area contributed by atoms with Gasteiger partial charge in [0.15, 0.2) is 0 Å². The van der Waals surface area contributed by atoms with Gasteiger partial charge in [-0.15, -0.1) is 0 Å². The van der Waals surface area contributed by atoms with E-state index in [9.17, 15) is 5.11 Å². The Hall–Kier alpha value is -0.120. The van der Waals surface area contributed by atoms with Crippen molar-refractivity contribution in [2.45, 2.75) is 50.3 Å². The maximum Gasteiger partial charge on any atom is 0.0679 e. The summed E-state index contributed by atoms with van der Waals surface area (Å²) < 4.78 is 0. The number of nitrogens with one attached hydrogen (secondary N) is 1. The molecule has 2 aliphatic rings. The molecule has 1 saturated heterocycles. The van der Waals surface area contributed by atoms with Crippen LogP contribution >= 0.6 is 0 Å². The van der Waals surface area contributed by atoms with Gasteiger partial charge in [-0.2, -0.15) is 0 Å². The Labute approximate surface area is 86.5 Å². The summed E-state index contributed by atoms with van der Waals surface area (Å²) in [5.74, 6) is 0. The second-order valence-corrected chi connectivity index (χ2v) is 4.68. The predicted octanol–water partition coefficient (Wildman–Crippen LogP) is 0.584. The van der Waals surface area contributed by atoms with E-state index in [0.29, 0.717) is 12.1 Å². The predicted molar refractivity (Wildman–Crippen MR) is 57.3 cm³/mol. The zero-order chi connectivity index (χ0) is 9.97. The van der Waals surface area contributed by atoms with Crippen LogP contribution in [-0.4, -0.2) is 48.3 Å². The van der Waals surface area contributed by atoms with Crippen LogP contribution < -0.4 is 5.32 Å². The number of hydrogen-bond donors (Lipinski definition) is 2. The Morgan fingerprint density at radius 1 is 1.21 bits per heavy atom. The number of hydrogen-bond acceptors (Lipinski definition) is 3. The SMILES string of the molecule is CN[C@@H]1CCCC[C@H]1N1CCC(O)C1. The summed E-state index contributed by atoms with van der Waals surface area (Å²) in [7, 11) is 2.06. The van der Waals surface area contributed by atoms with Gasteiger partial charge in [-0.25, -0.2) is 0 Å². The molecule has 0 bridgehead atoms. The van der Waals surface area contributed by atoms with Gasteiger partial charge >= 0.3 is 0 Å². The van der Waals surface area contributed by atoms with Crippen molar-refractivity contribution in [3.63, 3.8) is 0 Å². The molecule has 0 aromatic carbocycles. The second-order valence-electron chi connectivity index (χ2n) is 4.68. The molecule has 0 aromatic heterocycles. The number of aliphatic hydroxyl groups excluding tert-OH is 1. The van der Waals surface area contributed by atoms with E-state index in [1.807, 2.05) is 0 Å². The Bertz CT molecular complexity index is 186. The van der Waals surface area contributed by atoms with Crippen LogP contribution in [0.5, 0.6) is 0 Å². The van der Waals surface area contributed by atoms with E-state index in [-0.39, 0.29) is 6.10 Å². The fourth-order valence-electron chi connectivity index (χ4n) is 2.95. The van der Waals surface area contributed by atoms with Gasteiger partial charge in [0, 0.05) is 25.2 Å². The molecule has 3 nitrogen and oxygen atoms in total. The van der Waals surface area contributed by atoms with Crippen LogP contribution in [0.4, 0.5) is 0 Å². The molecule has 1 heterocycles. The van der Waals surface area contributed by atoms with Crippen LogP contribution in [0, 0.1) is 0 Å². The van der Waals surface area contributed by atoms with Crippen molar-refractivity contribution in [3.05, 3.63) is 0 Å². The molecule has 1 aliphatic carbocycles. The Kier molecular flexibility index (Phi) is 3.42. The standard InChI is InChI=1S/C11H22N2O/c1-12-10-4-2-3-5-11(10)13-7-6-9(14)8-13/h9-12,14H,2-8H2,1H3/t9?,10-,11-/m1/s1. The third-order valence-electron chi connectivity index (χ3n) is 3.76. The minimum Gasteiger partial charge on any atom is -0.392 e. The number of aliphatic hydroxyl groups is 1. The largest absolute Gasteiger partial charge is 0.392 e. The normalized spacial score (nSPS) is 40.3. The maximum atomic E-state index is 9.53. The van der Waals surface area contributed by atoms with E-state index in [0.717, 1.165) is 19.5 Å². The molecule has 2 rings (SSSR count). The number of likely N-dealkylation sites (tertiary alicyclic amines) is 1. The van der Waals surface area contributed by atoms with Crippen molar-refractivity contribution < 1.29 is 5.11 Å². The quantitative estimate of drug-likeness (QED) is 0.681. The van der Waals surface area contributed by atoms with Gasteiger partial charge in [-0.05, 0) is 26.3 Å². The monoisotopic (exact) mass is 198 g/mol. The average molecular weight is 198 g/mol. The summed E-state index contributed by atoms with van der Waals surface area (Å²) in [5.41, 5.74) is 0. The summed E-state index contributed by atoms with van der Waals surface area (Å²) in [6, 6.07) is 1.32. The zero-order valence-corrected chi connectivity index (χ0v) is 9.08. The van der Waals surface area contributed by atoms with Crippen molar-refractivity contribution in [3.8, 4) is 0 Å². The van der Waals surface area contributed by atoms with Gasteiger partial charge in [-0.3, -0.25) is 4.90 Å². The molecule has 0 aromatic rings. The molecule has 0 radical (unpaired) electrons. The minimum atomic E-state index is -0.0746. The first-order chi connectivity index (χ1) is 6.81. The van der Waals surface area contributed by atoms with Crippen LogP contribution in [0.15, 0.2) is 0 Å². The van der Waals surface area contributed by atoms with Gasteiger partial charge in [0.05, 0.1) is 6.10 Å². The van der Waals surface area contributed by atoms with E-state index in [4.69, 9.17) is 0 Å². The molecule has 1 aliphatic heterocycles. The minimum absolute atomic E-state index is 0.0746. The topological polar surface area (TPSA) is 35.5 Å². The third-order valence-corrected chi connectivity index (χ3v) is 3.76. The molecule has 3 atom stereocenters. The zero-order valence-electron chi connectivity index (χ0n) is 9.08. The number of nitrogens with zero attached hydrogens (tertiary/aromatic N) is 1. The Morgan fingerprint density at radius 3 is 2.64 bits per heavy atom. The first-order valence-corrected chi connectivity index (χ1v) is 5.90. The molecule has 2 N–H and O–H groups in total. The molecule has 1 unspecified atom stereocenters. The first kappa shape index (κ1) is 10.4. The fourth-order valence-corrected chi connectivity index (χ4v) is 2.95. The van der Waals surface area contributed by atoms with Gasteiger partial charge in [0.2, 0.25) is 0 Å². The van der Waals surface area contributed by atoms with E-state index >= 15 is 0 Å². The van der Waals surface area contributed by atoms with Gasteiger partial charge in [-0.1, -0.05) is 12.8 Å². The lowest BCUT2D eigenvalue weighted by atomic mass is 9.89. The maximum absolute atomic E-state index is 9.53. The van der Waals surface area contributed by atoms with Gasteiger partial charge in [0.25, 0.3) is 0 Å². The van der Waals surface area contributed by atoms with E-state index in [1.165, 1.54) is 25.7 Å².